The van der Waals surface area contributed by atoms with Crippen LogP contribution in [0.4, 0.5) is 4.39 Å². The fourth-order valence-electron chi connectivity index (χ4n) is 2.97. The van der Waals surface area contributed by atoms with Gasteiger partial charge in [0.2, 0.25) is 0 Å². The number of rotatable bonds is 5. The predicted octanol–water partition coefficient (Wildman–Crippen LogP) is 3.43. The minimum atomic E-state index is -0.413. The van der Waals surface area contributed by atoms with E-state index in [1.54, 1.807) is 18.2 Å². The minimum absolute atomic E-state index is 0.235. The largest absolute Gasteiger partial charge is 0.351 e. The summed E-state index contributed by atoms with van der Waals surface area (Å²) in [6, 6.07) is 9.11. The Kier molecular flexibility index (Phi) is 6.48. The van der Waals surface area contributed by atoms with E-state index in [-0.39, 0.29) is 5.91 Å². The first kappa shape index (κ1) is 19.1. The molecule has 1 fully saturated rings. The van der Waals surface area contributed by atoms with Crippen molar-refractivity contribution in [3.63, 3.8) is 0 Å². The van der Waals surface area contributed by atoms with Crippen molar-refractivity contribution in [3.05, 3.63) is 57.8 Å². The molecule has 1 saturated heterocycles. The molecule has 4 nitrogen and oxygen atoms in total. The van der Waals surface area contributed by atoms with Crippen LogP contribution in [0.5, 0.6) is 0 Å². The van der Waals surface area contributed by atoms with Crippen LogP contribution in [-0.2, 0) is 0 Å². The Morgan fingerprint density at radius 3 is 2.62 bits per heavy atom. The minimum Gasteiger partial charge on any atom is -0.351 e. The summed E-state index contributed by atoms with van der Waals surface area (Å²) in [6.45, 7) is 5.20. The molecule has 2 aromatic rings. The molecule has 1 aliphatic heterocycles. The maximum Gasteiger partial charge on any atom is 0.251 e. The fraction of sp³-hybridized carbons (Fsp3) is 0.316. The summed E-state index contributed by atoms with van der Waals surface area (Å²) in [4.78, 5) is 14.9. The molecular formula is C19H20Cl2FN3O. The molecule has 3 rings (SSSR count). The Labute approximate surface area is 162 Å². The highest BCUT2D eigenvalue weighted by Gasteiger charge is 2.15. The van der Waals surface area contributed by atoms with Gasteiger partial charge in [0, 0.05) is 44.8 Å². The quantitative estimate of drug-likeness (QED) is 0.814. The number of halogens is 3. The zero-order valence-corrected chi connectivity index (χ0v) is 15.7. The molecule has 1 aliphatic rings. The van der Waals surface area contributed by atoms with Gasteiger partial charge in [0.1, 0.15) is 5.82 Å². The average Bonchev–Trinajstić information content (AvgIpc) is 2.64. The maximum absolute atomic E-state index is 13.8. The molecule has 0 unspecified atom stereocenters. The van der Waals surface area contributed by atoms with Gasteiger partial charge in [-0.15, -0.1) is 0 Å². The first-order chi connectivity index (χ1) is 12.5. The van der Waals surface area contributed by atoms with Gasteiger partial charge in [0.15, 0.2) is 0 Å². The van der Waals surface area contributed by atoms with Crippen molar-refractivity contribution < 1.29 is 9.18 Å². The number of hydrogen-bond donors (Lipinski definition) is 2. The van der Waals surface area contributed by atoms with Crippen molar-refractivity contribution >= 4 is 29.1 Å². The van der Waals surface area contributed by atoms with Gasteiger partial charge in [-0.05, 0) is 41.5 Å². The van der Waals surface area contributed by atoms with Gasteiger partial charge < -0.3 is 10.6 Å². The lowest BCUT2D eigenvalue weighted by Crippen LogP contribution is -2.46. The van der Waals surface area contributed by atoms with Crippen LogP contribution in [-0.4, -0.2) is 50.1 Å². The highest BCUT2D eigenvalue weighted by Crippen LogP contribution is 2.31. The Balaban J connectivity index is 1.74. The van der Waals surface area contributed by atoms with Gasteiger partial charge in [-0.3, -0.25) is 9.69 Å². The summed E-state index contributed by atoms with van der Waals surface area (Å²) in [6.07, 6.45) is 0. The van der Waals surface area contributed by atoms with E-state index in [9.17, 15) is 9.18 Å². The standard InChI is InChI=1S/C19H20Cl2FN3O/c20-17-4-1-13(11-18(17)21)16-12-14(22)2-3-15(16)19(26)24-7-10-25-8-5-23-6-9-25/h1-4,11-12,23H,5-10H2,(H,24,26). The van der Waals surface area contributed by atoms with Gasteiger partial charge in [-0.25, -0.2) is 4.39 Å². The van der Waals surface area contributed by atoms with Gasteiger partial charge >= 0.3 is 0 Å². The van der Waals surface area contributed by atoms with Crippen LogP contribution >= 0.6 is 23.2 Å². The van der Waals surface area contributed by atoms with Crippen molar-refractivity contribution in [1.82, 2.24) is 15.5 Å². The highest BCUT2D eigenvalue weighted by atomic mass is 35.5. The van der Waals surface area contributed by atoms with E-state index in [4.69, 9.17) is 23.2 Å². The lowest BCUT2D eigenvalue weighted by molar-refractivity contribution is 0.0948. The van der Waals surface area contributed by atoms with Crippen molar-refractivity contribution in [2.45, 2.75) is 0 Å². The molecule has 2 N–H and O–H groups in total. The van der Waals surface area contributed by atoms with Crippen molar-refractivity contribution in [2.75, 3.05) is 39.3 Å². The van der Waals surface area contributed by atoms with Gasteiger partial charge in [-0.1, -0.05) is 29.3 Å². The molecule has 1 heterocycles. The summed E-state index contributed by atoms with van der Waals surface area (Å²) in [5, 5.41) is 6.98. The number of hydrogen-bond acceptors (Lipinski definition) is 3. The number of piperazine rings is 1. The Bertz CT molecular complexity index is 794. The molecule has 0 aromatic heterocycles. The lowest BCUT2D eigenvalue weighted by Gasteiger charge is -2.27. The third-order valence-electron chi connectivity index (χ3n) is 4.38. The summed E-state index contributed by atoms with van der Waals surface area (Å²) in [5.41, 5.74) is 1.54. The van der Waals surface area contributed by atoms with E-state index in [1.165, 1.54) is 18.2 Å². The van der Waals surface area contributed by atoms with Gasteiger partial charge in [0.05, 0.1) is 10.0 Å². The van der Waals surface area contributed by atoms with E-state index in [0.29, 0.717) is 33.3 Å². The number of amides is 1. The molecule has 1 amide bonds. The summed E-state index contributed by atoms with van der Waals surface area (Å²) >= 11 is 12.0. The van der Waals surface area contributed by atoms with Crippen LogP contribution in [0.25, 0.3) is 11.1 Å². The second-order valence-corrected chi connectivity index (χ2v) is 6.98. The number of carbonyl (C=O) groups is 1. The number of nitrogens with one attached hydrogen (secondary N) is 2. The second kappa shape index (κ2) is 8.82. The van der Waals surface area contributed by atoms with Crippen LogP contribution in [0.3, 0.4) is 0 Å². The topological polar surface area (TPSA) is 44.4 Å². The first-order valence-electron chi connectivity index (χ1n) is 8.51. The van der Waals surface area contributed by atoms with E-state index < -0.39 is 5.82 Å². The van der Waals surface area contributed by atoms with Crippen molar-refractivity contribution in [1.29, 1.82) is 0 Å². The molecule has 7 heteroatoms. The number of carbonyl (C=O) groups excluding carboxylic acids is 1. The van der Waals surface area contributed by atoms with E-state index in [2.05, 4.69) is 15.5 Å². The van der Waals surface area contributed by atoms with Crippen molar-refractivity contribution in [2.24, 2.45) is 0 Å². The molecule has 2 aromatic carbocycles. The van der Waals surface area contributed by atoms with Gasteiger partial charge in [-0.2, -0.15) is 0 Å². The van der Waals surface area contributed by atoms with Crippen LogP contribution in [0.15, 0.2) is 36.4 Å². The normalized spacial score (nSPS) is 15.0. The molecule has 0 radical (unpaired) electrons. The number of benzene rings is 2. The first-order valence-corrected chi connectivity index (χ1v) is 9.26. The molecule has 0 bridgehead atoms. The molecule has 0 atom stereocenters. The zero-order chi connectivity index (χ0) is 18.5. The lowest BCUT2D eigenvalue weighted by atomic mass is 9.99. The summed E-state index contributed by atoms with van der Waals surface area (Å²) in [7, 11) is 0. The van der Waals surface area contributed by atoms with E-state index >= 15 is 0 Å². The second-order valence-electron chi connectivity index (χ2n) is 6.17. The summed E-state index contributed by atoms with van der Waals surface area (Å²) in [5.74, 6) is -0.648. The van der Waals surface area contributed by atoms with E-state index in [0.717, 1.165) is 32.7 Å². The number of nitrogens with zero attached hydrogens (tertiary/aromatic N) is 1. The Hall–Kier alpha value is -1.66. The summed E-state index contributed by atoms with van der Waals surface area (Å²) < 4.78 is 13.8. The van der Waals surface area contributed by atoms with Gasteiger partial charge in [0.25, 0.3) is 5.91 Å². The Morgan fingerprint density at radius 2 is 1.88 bits per heavy atom. The molecule has 0 aliphatic carbocycles. The smallest absolute Gasteiger partial charge is 0.251 e. The molecule has 0 spiro atoms. The van der Waals surface area contributed by atoms with Crippen LogP contribution in [0.1, 0.15) is 10.4 Å². The third kappa shape index (κ3) is 4.74. The predicted molar refractivity (Wildman–Crippen MR) is 103 cm³/mol. The fourth-order valence-corrected chi connectivity index (χ4v) is 3.27. The Morgan fingerprint density at radius 1 is 1.12 bits per heavy atom. The average molecular weight is 396 g/mol. The van der Waals surface area contributed by atoms with Crippen LogP contribution < -0.4 is 10.6 Å². The molecule has 138 valence electrons. The van der Waals surface area contributed by atoms with Crippen LogP contribution in [0, 0.1) is 5.82 Å². The monoisotopic (exact) mass is 395 g/mol. The SMILES string of the molecule is O=C(NCCN1CCNCC1)c1ccc(F)cc1-c1ccc(Cl)c(Cl)c1. The molecule has 26 heavy (non-hydrogen) atoms. The third-order valence-corrected chi connectivity index (χ3v) is 5.12. The molecule has 0 saturated carbocycles. The zero-order valence-electron chi connectivity index (χ0n) is 14.2. The highest BCUT2D eigenvalue weighted by molar-refractivity contribution is 6.42. The van der Waals surface area contributed by atoms with Crippen molar-refractivity contribution in [3.8, 4) is 11.1 Å². The maximum atomic E-state index is 13.8. The molecular weight excluding hydrogens is 376 g/mol. The van der Waals surface area contributed by atoms with Crippen LogP contribution in [0.2, 0.25) is 10.0 Å². The van der Waals surface area contributed by atoms with E-state index in [1.807, 2.05) is 0 Å².